The van der Waals surface area contributed by atoms with E-state index in [0.29, 0.717) is 11.6 Å². The third-order valence-corrected chi connectivity index (χ3v) is 3.20. The predicted octanol–water partition coefficient (Wildman–Crippen LogP) is 2.36. The van der Waals surface area contributed by atoms with E-state index in [4.69, 9.17) is 10.6 Å². The van der Waals surface area contributed by atoms with E-state index in [-0.39, 0.29) is 6.61 Å². The van der Waals surface area contributed by atoms with Crippen LogP contribution < -0.4 is 0 Å². The first-order valence-corrected chi connectivity index (χ1v) is 5.33. The molecule has 1 heterocycles. The van der Waals surface area contributed by atoms with Gasteiger partial charge in [0, 0.05) is 16.2 Å². The third-order valence-electron chi connectivity index (χ3n) is 2.17. The topological polar surface area (TPSA) is 81.9 Å². The van der Waals surface area contributed by atoms with E-state index in [1.165, 1.54) is 12.8 Å². The molecule has 0 saturated heterocycles. The Balaban J connectivity index is 2.16. The smallest absolute Gasteiger partial charge is 0.104 e. The number of azide groups is 1. The van der Waals surface area contributed by atoms with Crippen molar-refractivity contribution in [2.45, 2.75) is 24.8 Å². The summed E-state index contributed by atoms with van der Waals surface area (Å²) in [5.41, 5.74) is 8.97. The molecule has 0 spiro atoms. The predicted molar refractivity (Wildman–Crippen MR) is 53.1 cm³/mol. The lowest BCUT2D eigenvalue weighted by Crippen LogP contribution is -2.00. The lowest BCUT2D eigenvalue weighted by Gasteiger charge is -2.01. The van der Waals surface area contributed by atoms with Gasteiger partial charge in [0.25, 0.3) is 0 Å². The molecule has 1 N–H and O–H groups in total. The zero-order chi connectivity index (χ0) is 9.97. The SMILES string of the molecule is [N-]=[N+]=NC(CO)c1csc(C2CC2)n1. The van der Waals surface area contributed by atoms with Gasteiger partial charge in [-0.05, 0) is 18.4 Å². The first-order chi connectivity index (χ1) is 6.85. The van der Waals surface area contributed by atoms with Crippen molar-refractivity contribution in [3.63, 3.8) is 0 Å². The molecule has 0 amide bonds. The summed E-state index contributed by atoms with van der Waals surface area (Å²) in [5.74, 6) is 0.610. The first-order valence-electron chi connectivity index (χ1n) is 4.45. The fourth-order valence-corrected chi connectivity index (χ4v) is 2.26. The third kappa shape index (κ3) is 1.87. The molecule has 1 aromatic heterocycles. The monoisotopic (exact) mass is 210 g/mol. The van der Waals surface area contributed by atoms with E-state index in [1.54, 1.807) is 11.3 Å². The van der Waals surface area contributed by atoms with Crippen molar-refractivity contribution < 1.29 is 5.11 Å². The number of rotatable bonds is 4. The number of aromatic nitrogens is 1. The Hall–Kier alpha value is -1.10. The second kappa shape index (κ2) is 3.96. The first kappa shape index (κ1) is 9.45. The number of aliphatic hydroxyl groups excluding tert-OH is 1. The zero-order valence-electron chi connectivity index (χ0n) is 7.50. The van der Waals surface area contributed by atoms with Crippen LogP contribution in [0.3, 0.4) is 0 Å². The number of hydrogen-bond donors (Lipinski definition) is 1. The Morgan fingerprint density at radius 2 is 2.57 bits per heavy atom. The van der Waals surface area contributed by atoms with Gasteiger partial charge in [0.15, 0.2) is 0 Å². The fourth-order valence-electron chi connectivity index (χ4n) is 1.22. The number of aliphatic hydroxyl groups is 1. The summed E-state index contributed by atoms with van der Waals surface area (Å²) in [5, 5.41) is 15.4. The molecular weight excluding hydrogens is 200 g/mol. The van der Waals surface area contributed by atoms with Gasteiger partial charge in [-0.15, -0.1) is 11.3 Å². The van der Waals surface area contributed by atoms with Crippen molar-refractivity contribution in [2.75, 3.05) is 6.61 Å². The summed E-state index contributed by atoms with van der Waals surface area (Å²) >= 11 is 1.58. The van der Waals surface area contributed by atoms with Crippen molar-refractivity contribution in [2.24, 2.45) is 5.11 Å². The van der Waals surface area contributed by atoms with Crippen LogP contribution in [0.25, 0.3) is 10.4 Å². The second-order valence-electron chi connectivity index (χ2n) is 3.29. The van der Waals surface area contributed by atoms with E-state index in [2.05, 4.69) is 15.0 Å². The Morgan fingerprint density at radius 1 is 1.79 bits per heavy atom. The van der Waals surface area contributed by atoms with Crippen LogP contribution in [0.1, 0.15) is 35.5 Å². The van der Waals surface area contributed by atoms with Crippen molar-refractivity contribution in [1.29, 1.82) is 0 Å². The van der Waals surface area contributed by atoms with Gasteiger partial charge in [-0.1, -0.05) is 5.11 Å². The van der Waals surface area contributed by atoms with E-state index in [9.17, 15) is 0 Å². The molecule has 2 rings (SSSR count). The van der Waals surface area contributed by atoms with Crippen LogP contribution in [0, 0.1) is 0 Å². The van der Waals surface area contributed by atoms with Crippen molar-refractivity contribution in [1.82, 2.24) is 4.98 Å². The van der Waals surface area contributed by atoms with Gasteiger partial charge >= 0.3 is 0 Å². The molecule has 0 aromatic carbocycles. The van der Waals surface area contributed by atoms with Crippen LogP contribution in [-0.4, -0.2) is 16.7 Å². The summed E-state index contributed by atoms with van der Waals surface area (Å²) in [6, 6.07) is -0.524. The molecule has 0 radical (unpaired) electrons. The van der Waals surface area contributed by atoms with Crippen LogP contribution >= 0.6 is 11.3 Å². The van der Waals surface area contributed by atoms with E-state index < -0.39 is 6.04 Å². The van der Waals surface area contributed by atoms with Crippen LogP contribution in [-0.2, 0) is 0 Å². The minimum atomic E-state index is -0.524. The second-order valence-corrected chi connectivity index (χ2v) is 4.18. The van der Waals surface area contributed by atoms with Crippen LogP contribution in [0.2, 0.25) is 0 Å². The molecule has 0 bridgehead atoms. The highest BCUT2D eigenvalue weighted by Gasteiger charge is 2.27. The molecule has 1 atom stereocenters. The Kier molecular flexibility index (Phi) is 2.67. The normalized spacial score (nSPS) is 17.5. The average molecular weight is 210 g/mol. The van der Waals surface area contributed by atoms with Gasteiger partial charge in [0.2, 0.25) is 0 Å². The molecule has 0 aliphatic heterocycles. The summed E-state index contributed by atoms with van der Waals surface area (Å²) in [7, 11) is 0. The molecule has 1 saturated carbocycles. The summed E-state index contributed by atoms with van der Waals surface area (Å²) in [4.78, 5) is 7.04. The molecule has 5 nitrogen and oxygen atoms in total. The molecule has 14 heavy (non-hydrogen) atoms. The molecule has 1 aliphatic carbocycles. The van der Waals surface area contributed by atoms with Gasteiger partial charge in [-0.2, -0.15) is 0 Å². The molecular formula is C8H10N4OS. The molecule has 1 unspecified atom stereocenters. The van der Waals surface area contributed by atoms with Gasteiger partial charge in [-0.25, -0.2) is 4.98 Å². The largest absolute Gasteiger partial charge is 0.396 e. The lowest BCUT2D eigenvalue weighted by atomic mass is 10.2. The van der Waals surface area contributed by atoms with Gasteiger partial charge < -0.3 is 5.11 Å². The van der Waals surface area contributed by atoms with Crippen molar-refractivity contribution in [3.8, 4) is 0 Å². The summed E-state index contributed by atoms with van der Waals surface area (Å²) in [6.07, 6.45) is 2.41. The Morgan fingerprint density at radius 3 is 3.14 bits per heavy atom. The minimum absolute atomic E-state index is 0.183. The van der Waals surface area contributed by atoms with Crippen molar-refractivity contribution in [3.05, 3.63) is 26.5 Å². The van der Waals surface area contributed by atoms with Crippen LogP contribution in [0.4, 0.5) is 0 Å². The van der Waals surface area contributed by atoms with E-state index >= 15 is 0 Å². The molecule has 1 aromatic rings. The van der Waals surface area contributed by atoms with Gasteiger partial charge in [0.05, 0.1) is 17.3 Å². The van der Waals surface area contributed by atoms with Gasteiger partial charge in [-0.3, -0.25) is 0 Å². The lowest BCUT2D eigenvalue weighted by molar-refractivity contribution is 0.266. The van der Waals surface area contributed by atoms with E-state index in [1.807, 2.05) is 5.38 Å². The number of nitrogens with zero attached hydrogens (tertiary/aromatic N) is 4. The Labute approximate surface area is 85.0 Å². The summed E-state index contributed by atoms with van der Waals surface area (Å²) < 4.78 is 0. The maximum Gasteiger partial charge on any atom is 0.104 e. The minimum Gasteiger partial charge on any atom is -0.396 e. The highest BCUT2D eigenvalue weighted by molar-refractivity contribution is 7.09. The van der Waals surface area contributed by atoms with Crippen LogP contribution in [0.5, 0.6) is 0 Å². The molecule has 1 aliphatic rings. The number of hydrogen-bond acceptors (Lipinski definition) is 4. The zero-order valence-corrected chi connectivity index (χ0v) is 8.31. The Bertz CT molecular complexity index is 367. The maximum atomic E-state index is 8.97. The standard InChI is InChI=1S/C8H10N4OS/c9-12-11-6(3-13)7-4-14-8(10-7)5-1-2-5/h4-6,13H,1-3H2. The molecule has 74 valence electrons. The van der Waals surface area contributed by atoms with Gasteiger partial charge in [0.1, 0.15) is 6.04 Å². The molecule has 1 fully saturated rings. The maximum absolute atomic E-state index is 8.97. The average Bonchev–Trinajstić information content (AvgIpc) is 2.94. The van der Waals surface area contributed by atoms with Crippen molar-refractivity contribution >= 4 is 11.3 Å². The van der Waals surface area contributed by atoms with Crippen LogP contribution in [0.15, 0.2) is 10.5 Å². The molecule has 6 heteroatoms. The highest BCUT2D eigenvalue weighted by atomic mass is 32.1. The highest BCUT2D eigenvalue weighted by Crippen LogP contribution is 2.42. The number of thiazole rings is 1. The van der Waals surface area contributed by atoms with E-state index in [0.717, 1.165) is 5.01 Å². The quantitative estimate of drug-likeness (QED) is 0.470. The summed E-state index contributed by atoms with van der Waals surface area (Å²) in [6.45, 7) is -0.183. The fraction of sp³-hybridized carbons (Fsp3) is 0.625.